The molecule has 1 aliphatic rings. The summed E-state index contributed by atoms with van der Waals surface area (Å²) < 4.78 is 0. The largest absolute Gasteiger partial charge is 0.350 e. The van der Waals surface area contributed by atoms with Gasteiger partial charge in [-0.05, 0) is 32.4 Å². The quantitative estimate of drug-likeness (QED) is 0.628. The van der Waals surface area contributed by atoms with Crippen LogP contribution < -0.4 is 10.6 Å². The van der Waals surface area contributed by atoms with Crippen LogP contribution in [0.15, 0.2) is 12.7 Å². The van der Waals surface area contributed by atoms with E-state index < -0.39 is 0 Å². The van der Waals surface area contributed by atoms with Gasteiger partial charge in [-0.2, -0.15) is 0 Å². The Hall–Kier alpha value is -0.830. The van der Waals surface area contributed by atoms with Gasteiger partial charge in [0, 0.05) is 12.5 Å². The summed E-state index contributed by atoms with van der Waals surface area (Å²) in [5.74, 6) is 0.665. The van der Waals surface area contributed by atoms with Crippen molar-refractivity contribution in [3.63, 3.8) is 0 Å². The van der Waals surface area contributed by atoms with Crippen molar-refractivity contribution in [1.29, 1.82) is 0 Å². The van der Waals surface area contributed by atoms with Crippen molar-refractivity contribution in [2.45, 2.75) is 25.8 Å². The van der Waals surface area contributed by atoms with Gasteiger partial charge in [0.05, 0.1) is 0 Å². The summed E-state index contributed by atoms with van der Waals surface area (Å²) >= 11 is 0. The predicted molar refractivity (Wildman–Crippen MR) is 53.4 cm³/mol. The molecule has 2 N–H and O–H groups in total. The average molecular weight is 182 g/mol. The maximum absolute atomic E-state index is 11.4. The minimum atomic E-state index is 0.0851. The van der Waals surface area contributed by atoms with Crippen LogP contribution in [0, 0.1) is 5.92 Å². The van der Waals surface area contributed by atoms with Gasteiger partial charge in [-0.25, -0.2) is 0 Å². The van der Waals surface area contributed by atoms with Crippen molar-refractivity contribution in [2.24, 2.45) is 5.92 Å². The Morgan fingerprint density at radius 2 is 2.62 bits per heavy atom. The molecule has 1 fully saturated rings. The lowest BCUT2D eigenvalue weighted by molar-refractivity contribution is -0.122. The fourth-order valence-electron chi connectivity index (χ4n) is 1.52. The van der Waals surface area contributed by atoms with Gasteiger partial charge in [0.25, 0.3) is 0 Å². The van der Waals surface area contributed by atoms with Crippen LogP contribution in [0.4, 0.5) is 0 Å². The third-order valence-corrected chi connectivity index (χ3v) is 2.38. The first kappa shape index (κ1) is 10.3. The van der Waals surface area contributed by atoms with Gasteiger partial charge in [-0.3, -0.25) is 4.79 Å². The summed E-state index contributed by atoms with van der Waals surface area (Å²) in [6.07, 6.45) is 3.51. The van der Waals surface area contributed by atoms with E-state index in [4.69, 9.17) is 0 Å². The van der Waals surface area contributed by atoms with Gasteiger partial charge in [0.1, 0.15) is 0 Å². The Balaban J connectivity index is 2.20. The molecule has 0 spiro atoms. The Morgan fingerprint density at radius 3 is 3.15 bits per heavy atom. The zero-order valence-corrected chi connectivity index (χ0v) is 8.18. The van der Waals surface area contributed by atoms with Gasteiger partial charge in [-0.1, -0.05) is 6.08 Å². The highest BCUT2D eigenvalue weighted by molar-refractivity contribution is 5.76. The van der Waals surface area contributed by atoms with Gasteiger partial charge >= 0.3 is 0 Å². The highest BCUT2D eigenvalue weighted by Crippen LogP contribution is 2.11. The molecule has 0 bridgehead atoms. The van der Waals surface area contributed by atoms with Crippen LogP contribution in [0.3, 0.4) is 0 Å². The normalized spacial score (nSPS) is 23.9. The summed E-state index contributed by atoms with van der Waals surface area (Å²) in [5.41, 5.74) is 0. The van der Waals surface area contributed by atoms with Crippen molar-refractivity contribution in [1.82, 2.24) is 10.6 Å². The lowest BCUT2D eigenvalue weighted by Gasteiger charge is -2.11. The standard InChI is InChI=1S/C10H18N2O/c1-3-8(2)12-10(13)6-9-4-5-11-7-9/h3,8-9,11H,1,4-7H2,2H3,(H,12,13). The van der Waals surface area contributed by atoms with E-state index in [-0.39, 0.29) is 11.9 Å². The maximum atomic E-state index is 11.4. The smallest absolute Gasteiger partial charge is 0.220 e. The van der Waals surface area contributed by atoms with Crippen LogP contribution in [0.1, 0.15) is 19.8 Å². The molecule has 0 radical (unpaired) electrons. The molecule has 74 valence electrons. The summed E-state index contributed by atoms with van der Waals surface area (Å²) in [6, 6.07) is 0.0851. The number of hydrogen-bond acceptors (Lipinski definition) is 2. The summed E-state index contributed by atoms with van der Waals surface area (Å²) in [7, 11) is 0. The molecular weight excluding hydrogens is 164 g/mol. The molecule has 0 aromatic rings. The fourth-order valence-corrected chi connectivity index (χ4v) is 1.52. The maximum Gasteiger partial charge on any atom is 0.220 e. The second-order valence-electron chi connectivity index (χ2n) is 3.65. The van der Waals surface area contributed by atoms with Gasteiger partial charge < -0.3 is 10.6 Å². The van der Waals surface area contributed by atoms with E-state index in [1.165, 1.54) is 0 Å². The molecule has 1 saturated heterocycles. The van der Waals surface area contributed by atoms with Crippen molar-refractivity contribution in [2.75, 3.05) is 13.1 Å². The van der Waals surface area contributed by atoms with E-state index in [1.54, 1.807) is 6.08 Å². The highest BCUT2D eigenvalue weighted by atomic mass is 16.1. The van der Waals surface area contributed by atoms with E-state index in [0.29, 0.717) is 12.3 Å². The van der Waals surface area contributed by atoms with Gasteiger partial charge in [0.2, 0.25) is 5.91 Å². The number of carbonyl (C=O) groups is 1. The lowest BCUT2D eigenvalue weighted by atomic mass is 10.0. The van der Waals surface area contributed by atoms with Crippen molar-refractivity contribution in [3.05, 3.63) is 12.7 Å². The number of rotatable bonds is 4. The van der Waals surface area contributed by atoms with Crippen molar-refractivity contribution < 1.29 is 4.79 Å². The van der Waals surface area contributed by atoms with Crippen molar-refractivity contribution in [3.8, 4) is 0 Å². The van der Waals surface area contributed by atoms with Crippen LogP contribution in [0.25, 0.3) is 0 Å². The number of carbonyl (C=O) groups excluding carboxylic acids is 1. The molecule has 1 heterocycles. The van der Waals surface area contributed by atoms with Gasteiger partial charge in [0.15, 0.2) is 0 Å². The Labute approximate surface area is 79.6 Å². The Bertz CT molecular complexity index is 185. The first-order valence-electron chi connectivity index (χ1n) is 4.85. The second kappa shape index (κ2) is 5.02. The highest BCUT2D eigenvalue weighted by Gasteiger charge is 2.18. The SMILES string of the molecule is C=CC(C)NC(=O)CC1CCNC1. The third-order valence-electron chi connectivity index (χ3n) is 2.38. The molecule has 2 unspecified atom stereocenters. The second-order valence-corrected chi connectivity index (χ2v) is 3.65. The molecular formula is C10H18N2O. The molecule has 1 aliphatic heterocycles. The average Bonchev–Trinajstić information content (AvgIpc) is 2.56. The van der Waals surface area contributed by atoms with Crippen molar-refractivity contribution >= 4 is 5.91 Å². The Kier molecular flexibility index (Phi) is 3.96. The van der Waals surface area contributed by atoms with Crippen LogP contribution in [-0.4, -0.2) is 25.0 Å². The first-order valence-corrected chi connectivity index (χ1v) is 4.85. The van der Waals surface area contributed by atoms with E-state index in [1.807, 2.05) is 6.92 Å². The van der Waals surface area contributed by atoms with Crippen LogP contribution in [-0.2, 0) is 4.79 Å². The molecule has 0 saturated carbocycles. The number of hydrogen-bond donors (Lipinski definition) is 2. The van der Waals surface area contributed by atoms with E-state index in [0.717, 1.165) is 19.5 Å². The lowest BCUT2D eigenvalue weighted by Crippen LogP contribution is -2.32. The van der Waals surface area contributed by atoms with Crippen LogP contribution >= 0.6 is 0 Å². The molecule has 1 amide bonds. The zero-order valence-electron chi connectivity index (χ0n) is 8.18. The summed E-state index contributed by atoms with van der Waals surface area (Å²) in [4.78, 5) is 11.4. The molecule has 13 heavy (non-hydrogen) atoms. The van der Waals surface area contributed by atoms with E-state index >= 15 is 0 Å². The molecule has 3 nitrogen and oxygen atoms in total. The number of amides is 1. The zero-order chi connectivity index (χ0) is 9.68. The van der Waals surface area contributed by atoms with E-state index in [2.05, 4.69) is 17.2 Å². The minimum Gasteiger partial charge on any atom is -0.350 e. The molecule has 0 aliphatic carbocycles. The number of nitrogens with one attached hydrogen (secondary N) is 2. The molecule has 1 rings (SSSR count). The van der Waals surface area contributed by atoms with Gasteiger partial charge in [-0.15, -0.1) is 6.58 Å². The minimum absolute atomic E-state index is 0.0851. The topological polar surface area (TPSA) is 41.1 Å². The summed E-state index contributed by atoms with van der Waals surface area (Å²) in [6.45, 7) is 7.58. The Morgan fingerprint density at radius 1 is 1.85 bits per heavy atom. The monoisotopic (exact) mass is 182 g/mol. The van der Waals surface area contributed by atoms with Crippen LogP contribution in [0.2, 0.25) is 0 Å². The first-order chi connectivity index (χ1) is 6.22. The predicted octanol–water partition coefficient (Wildman–Crippen LogP) is 0.677. The molecule has 3 heteroatoms. The molecule has 0 aromatic heterocycles. The third kappa shape index (κ3) is 3.59. The summed E-state index contributed by atoms with van der Waals surface area (Å²) in [5, 5.41) is 6.12. The molecule has 0 aromatic carbocycles. The molecule has 2 atom stereocenters. The van der Waals surface area contributed by atoms with E-state index in [9.17, 15) is 4.79 Å². The fraction of sp³-hybridized carbons (Fsp3) is 0.700. The van der Waals surface area contributed by atoms with Crippen LogP contribution in [0.5, 0.6) is 0 Å².